The molecule has 0 radical (unpaired) electrons. The molecule has 2 rings (SSSR count). The zero-order chi connectivity index (χ0) is 14.4. The molecule has 1 aliphatic rings. The van der Waals surface area contributed by atoms with Crippen molar-refractivity contribution in [1.82, 2.24) is 0 Å². The van der Waals surface area contributed by atoms with Gasteiger partial charge in [-0.1, -0.05) is 21.1 Å². The van der Waals surface area contributed by atoms with E-state index in [0.717, 1.165) is 34.3 Å². The lowest BCUT2D eigenvalue weighted by molar-refractivity contribution is -0.137. The maximum atomic E-state index is 10.4. The summed E-state index contributed by atoms with van der Waals surface area (Å²) in [5, 5.41) is 12.7. The van der Waals surface area contributed by atoms with Gasteiger partial charge in [0.2, 0.25) is 0 Å². The van der Waals surface area contributed by atoms with Gasteiger partial charge in [0.1, 0.15) is 12.4 Å². The zero-order valence-electron chi connectivity index (χ0n) is 11.0. The fraction of sp³-hybridized carbons (Fsp3) is 0.429. The average molecular weight is 342 g/mol. The third-order valence-corrected chi connectivity index (χ3v) is 3.36. The third kappa shape index (κ3) is 4.23. The number of oxime groups is 1. The molecular weight excluding hydrogens is 326 g/mol. The van der Waals surface area contributed by atoms with Crippen LogP contribution in [0.25, 0.3) is 0 Å². The number of carboxylic acids is 1. The lowest BCUT2D eigenvalue weighted by atomic mass is 10.1. The molecule has 1 aliphatic heterocycles. The standard InChI is InChI=1S/C14H16BrNO4/c15-10-5-6-13-11(9-10)12(3-1-7-19-13)16-20-8-2-4-14(17)18/h5-6,9H,1-4,7-8H2,(H,17,18). The minimum Gasteiger partial charge on any atom is -0.493 e. The first-order chi connectivity index (χ1) is 9.66. The molecule has 0 saturated carbocycles. The third-order valence-electron chi connectivity index (χ3n) is 2.87. The number of rotatable bonds is 5. The van der Waals surface area contributed by atoms with E-state index in [1.807, 2.05) is 18.2 Å². The Morgan fingerprint density at radius 2 is 2.35 bits per heavy atom. The first-order valence-corrected chi connectivity index (χ1v) is 7.29. The Morgan fingerprint density at radius 1 is 1.50 bits per heavy atom. The molecule has 0 unspecified atom stereocenters. The van der Waals surface area contributed by atoms with Gasteiger partial charge in [0.15, 0.2) is 0 Å². The lowest BCUT2D eigenvalue weighted by Gasteiger charge is -2.08. The van der Waals surface area contributed by atoms with Crippen LogP contribution in [-0.2, 0) is 9.63 Å². The van der Waals surface area contributed by atoms with E-state index in [9.17, 15) is 4.79 Å². The highest BCUT2D eigenvalue weighted by atomic mass is 79.9. The molecule has 108 valence electrons. The van der Waals surface area contributed by atoms with E-state index in [1.54, 1.807) is 0 Å². The number of benzene rings is 1. The molecule has 0 atom stereocenters. The molecule has 0 bridgehead atoms. The van der Waals surface area contributed by atoms with Crippen molar-refractivity contribution in [3.05, 3.63) is 28.2 Å². The Hall–Kier alpha value is -1.56. The molecule has 0 aromatic heterocycles. The normalized spacial score (nSPS) is 16.1. The maximum Gasteiger partial charge on any atom is 0.303 e. The van der Waals surface area contributed by atoms with Crippen molar-refractivity contribution in [3.63, 3.8) is 0 Å². The van der Waals surface area contributed by atoms with Crippen molar-refractivity contribution in [3.8, 4) is 5.75 Å². The summed E-state index contributed by atoms with van der Waals surface area (Å²) in [4.78, 5) is 15.6. The fourth-order valence-electron chi connectivity index (χ4n) is 1.92. The van der Waals surface area contributed by atoms with E-state index in [2.05, 4.69) is 21.1 Å². The van der Waals surface area contributed by atoms with E-state index < -0.39 is 5.97 Å². The van der Waals surface area contributed by atoms with Crippen molar-refractivity contribution in [2.24, 2.45) is 5.16 Å². The number of carboxylic acid groups (broad SMARTS) is 1. The summed E-state index contributed by atoms with van der Waals surface area (Å²) in [5.41, 5.74) is 1.77. The second-order valence-corrected chi connectivity index (χ2v) is 5.38. The first-order valence-electron chi connectivity index (χ1n) is 6.50. The molecule has 0 aliphatic carbocycles. The number of aliphatic carboxylic acids is 1. The summed E-state index contributed by atoms with van der Waals surface area (Å²) in [6.45, 7) is 0.965. The Labute approximate surface area is 125 Å². The van der Waals surface area contributed by atoms with Crippen LogP contribution in [0.4, 0.5) is 0 Å². The Kier molecular flexibility index (Phi) is 5.40. The Bertz CT molecular complexity index is 516. The van der Waals surface area contributed by atoms with Crippen LogP contribution in [-0.4, -0.2) is 30.0 Å². The highest BCUT2D eigenvalue weighted by molar-refractivity contribution is 9.10. The van der Waals surface area contributed by atoms with Gasteiger partial charge in [0.25, 0.3) is 0 Å². The lowest BCUT2D eigenvalue weighted by Crippen LogP contribution is -2.03. The van der Waals surface area contributed by atoms with Crippen LogP contribution >= 0.6 is 15.9 Å². The molecule has 1 aromatic carbocycles. The topological polar surface area (TPSA) is 68.1 Å². The summed E-state index contributed by atoms with van der Waals surface area (Å²) in [7, 11) is 0. The second kappa shape index (κ2) is 7.28. The van der Waals surface area contributed by atoms with Gasteiger partial charge in [0, 0.05) is 16.5 Å². The SMILES string of the molecule is O=C(O)CCCON=C1CCCOc2ccc(Br)cc21. The minimum absolute atomic E-state index is 0.0934. The molecule has 1 heterocycles. The molecule has 0 fully saturated rings. The van der Waals surface area contributed by atoms with Crippen LogP contribution in [0, 0.1) is 0 Å². The summed E-state index contributed by atoms with van der Waals surface area (Å²) < 4.78 is 6.62. The Balaban J connectivity index is 2.03. The van der Waals surface area contributed by atoms with E-state index in [4.69, 9.17) is 14.7 Å². The van der Waals surface area contributed by atoms with Crippen molar-refractivity contribution >= 4 is 27.6 Å². The van der Waals surface area contributed by atoms with Gasteiger partial charge in [0.05, 0.1) is 12.3 Å². The molecule has 5 nitrogen and oxygen atoms in total. The fourth-order valence-corrected chi connectivity index (χ4v) is 2.28. The maximum absolute atomic E-state index is 10.4. The molecular formula is C14H16BrNO4. The zero-order valence-corrected chi connectivity index (χ0v) is 12.6. The number of hydrogen-bond acceptors (Lipinski definition) is 4. The van der Waals surface area contributed by atoms with E-state index >= 15 is 0 Å². The summed E-state index contributed by atoms with van der Waals surface area (Å²) in [6, 6.07) is 5.79. The Morgan fingerprint density at radius 3 is 3.15 bits per heavy atom. The largest absolute Gasteiger partial charge is 0.493 e. The predicted octanol–water partition coefficient (Wildman–Crippen LogP) is 3.21. The van der Waals surface area contributed by atoms with Crippen LogP contribution in [0.2, 0.25) is 0 Å². The van der Waals surface area contributed by atoms with Crippen LogP contribution < -0.4 is 4.74 Å². The van der Waals surface area contributed by atoms with Crippen LogP contribution in [0.3, 0.4) is 0 Å². The van der Waals surface area contributed by atoms with Crippen molar-refractivity contribution in [2.45, 2.75) is 25.7 Å². The summed E-state index contributed by atoms with van der Waals surface area (Å²) >= 11 is 3.44. The second-order valence-electron chi connectivity index (χ2n) is 4.46. The van der Waals surface area contributed by atoms with Gasteiger partial charge in [-0.05, 0) is 37.5 Å². The van der Waals surface area contributed by atoms with Gasteiger partial charge in [-0.3, -0.25) is 4.79 Å². The van der Waals surface area contributed by atoms with Gasteiger partial charge in [-0.25, -0.2) is 0 Å². The molecule has 1 N–H and O–H groups in total. The van der Waals surface area contributed by atoms with Gasteiger partial charge in [-0.2, -0.15) is 0 Å². The molecule has 6 heteroatoms. The van der Waals surface area contributed by atoms with Crippen molar-refractivity contribution < 1.29 is 19.5 Å². The molecule has 1 aromatic rings. The van der Waals surface area contributed by atoms with Crippen molar-refractivity contribution in [2.75, 3.05) is 13.2 Å². The highest BCUT2D eigenvalue weighted by Gasteiger charge is 2.16. The molecule has 0 amide bonds. The van der Waals surface area contributed by atoms with Gasteiger partial charge in [-0.15, -0.1) is 0 Å². The number of ether oxygens (including phenoxy) is 1. The van der Waals surface area contributed by atoms with E-state index in [1.165, 1.54) is 0 Å². The van der Waals surface area contributed by atoms with Crippen LogP contribution in [0.5, 0.6) is 5.75 Å². The summed E-state index contributed by atoms with van der Waals surface area (Å²) in [6.07, 6.45) is 2.20. The predicted molar refractivity (Wildman–Crippen MR) is 78.2 cm³/mol. The number of carbonyl (C=O) groups is 1. The minimum atomic E-state index is -0.821. The van der Waals surface area contributed by atoms with Crippen molar-refractivity contribution in [1.29, 1.82) is 0 Å². The number of nitrogens with zero attached hydrogens (tertiary/aromatic N) is 1. The molecule has 0 spiro atoms. The van der Waals surface area contributed by atoms with E-state index in [0.29, 0.717) is 19.6 Å². The van der Waals surface area contributed by atoms with Crippen LogP contribution in [0.1, 0.15) is 31.2 Å². The average Bonchev–Trinajstić information content (AvgIpc) is 2.60. The first kappa shape index (κ1) is 14.8. The van der Waals surface area contributed by atoms with Crippen LogP contribution in [0.15, 0.2) is 27.8 Å². The highest BCUT2D eigenvalue weighted by Crippen LogP contribution is 2.27. The number of hydrogen-bond donors (Lipinski definition) is 1. The molecule has 0 saturated heterocycles. The number of fused-ring (bicyclic) bond motifs is 1. The smallest absolute Gasteiger partial charge is 0.303 e. The monoisotopic (exact) mass is 341 g/mol. The quantitative estimate of drug-likeness (QED) is 0.659. The van der Waals surface area contributed by atoms with Gasteiger partial charge >= 0.3 is 5.97 Å². The van der Waals surface area contributed by atoms with Gasteiger partial charge < -0.3 is 14.7 Å². The van der Waals surface area contributed by atoms with E-state index in [-0.39, 0.29) is 6.42 Å². The number of halogens is 1. The summed E-state index contributed by atoms with van der Waals surface area (Å²) in [5.74, 6) is -0.0167. The molecule has 20 heavy (non-hydrogen) atoms.